The molecule has 0 bridgehead atoms. The molecule has 0 radical (unpaired) electrons. The second kappa shape index (κ2) is 10.1. The van der Waals surface area contributed by atoms with Crippen LogP contribution >= 0.6 is 11.3 Å². The predicted octanol–water partition coefficient (Wildman–Crippen LogP) is 5.83. The number of hydrogen-bond donors (Lipinski definition) is 1. The number of hydrogen-bond acceptors (Lipinski definition) is 7. The Balaban J connectivity index is 1.96. The number of aryl methyl sites for hydroxylation is 1. The summed E-state index contributed by atoms with van der Waals surface area (Å²) >= 11 is 1.43. The molecule has 36 heavy (non-hydrogen) atoms. The molecule has 0 aliphatic carbocycles. The van der Waals surface area contributed by atoms with Crippen LogP contribution < -0.4 is 19.1 Å². The molecule has 1 aliphatic rings. The number of amides is 1. The van der Waals surface area contributed by atoms with Gasteiger partial charge < -0.3 is 19.3 Å². The first kappa shape index (κ1) is 25.3. The molecule has 1 amide bonds. The second-order valence-electron chi connectivity index (χ2n) is 8.82. The maximum atomic E-state index is 13.5. The number of benzene rings is 2. The zero-order valence-corrected chi connectivity index (χ0v) is 21.9. The van der Waals surface area contributed by atoms with Crippen LogP contribution in [0.1, 0.15) is 47.4 Å². The van der Waals surface area contributed by atoms with Crippen LogP contribution in [0.4, 0.5) is 5.69 Å². The van der Waals surface area contributed by atoms with E-state index in [0.717, 1.165) is 16.0 Å². The smallest absolute Gasteiger partial charge is 0.300 e. The number of nitrogens with zero attached hydrogens (tertiary/aromatic N) is 1. The van der Waals surface area contributed by atoms with Crippen molar-refractivity contribution in [2.24, 2.45) is 0 Å². The first-order chi connectivity index (χ1) is 17.2. The Bertz CT molecular complexity index is 1330. The van der Waals surface area contributed by atoms with Gasteiger partial charge >= 0.3 is 0 Å². The van der Waals surface area contributed by atoms with Gasteiger partial charge in [-0.2, -0.15) is 0 Å². The van der Waals surface area contributed by atoms with Crippen LogP contribution in [-0.4, -0.2) is 38.1 Å². The molecule has 0 saturated carbocycles. The van der Waals surface area contributed by atoms with Crippen molar-refractivity contribution in [1.29, 1.82) is 0 Å². The van der Waals surface area contributed by atoms with Gasteiger partial charge in [-0.3, -0.25) is 14.5 Å². The lowest BCUT2D eigenvalue weighted by Gasteiger charge is -2.26. The number of rotatable bonds is 7. The molecule has 1 N–H and O–H groups in total. The zero-order valence-electron chi connectivity index (χ0n) is 21.1. The Morgan fingerprint density at radius 1 is 0.972 bits per heavy atom. The molecule has 7 nitrogen and oxygen atoms in total. The quantitative estimate of drug-likeness (QED) is 0.246. The van der Waals surface area contributed by atoms with Crippen LogP contribution in [0, 0.1) is 6.92 Å². The third-order valence-electron chi connectivity index (χ3n) is 6.33. The summed E-state index contributed by atoms with van der Waals surface area (Å²) in [7, 11) is 4.63. The predicted molar refractivity (Wildman–Crippen MR) is 140 cm³/mol. The van der Waals surface area contributed by atoms with E-state index in [1.54, 1.807) is 43.5 Å². The van der Waals surface area contributed by atoms with Crippen molar-refractivity contribution < 1.29 is 28.9 Å². The van der Waals surface area contributed by atoms with Crippen molar-refractivity contribution in [1.82, 2.24) is 0 Å². The lowest BCUT2D eigenvalue weighted by molar-refractivity contribution is -0.132. The van der Waals surface area contributed by atoms with Gasteiger partial charge in [-0.1, -0.05) is 13.8 Å². The van der Waals surface area contributed by atoms with E-state index >= 15 is 0 Å². The summed E-state index contributed by atoms with van der Waals surface area (Å²) in [5.41, 5.74) is 2.71. The van der Waals surface area contributed by atoms with Crippen LogP contribution in [-0.2, 0) is 9.59 Å². The summed E-state index contributed by atoms with van der Waals surface area (Å²) in [6.45, 7) is 5.96. The maximum Gasteiger partial charge on any atom is 0.300 e. The fourth-order valence-corrected chi connectivity index (χ4v) is 5.46. The normalized spacial score (nSPS) is 17.1. The van der Waals surface area contributed by atoms with Crippen LogP contribution in [0.25, 0.3) is 5.76 Å². The number of methoxy groups -OCH3 is 3. The maximum absolute atomic E-state index is 13.5. The van der Waals surface area contributed by atoms with Crippen molar-refractivity contribution in [3.8, 4) is 17.2 Å². The molecule has 2 aromatic carbocycles. The Morgan fingerprint density at radius 3 is 2.17 bits per heavy atom. The highest BCUT2D eigenvalue weighted by Crippen LogP contribution is 2.46. The Kier molecular flexibility index (Phi) is 7.08. The molecule has 4 rings (SSSR count). The molecule has 1 atom stereocenters. The highest BCUT2D eigenvalue weighted by atomic mass is 32.1. The van der Waals surface area contributed by atoms with E-state index in [-0.39, 0.29) is 17.3 Å². The number of thiophene rings is 1. The molecule has 1 aromatic heterocycles. The lowest BCUT2D eigenvalue weighted by Crippen LogP contribution is -2.29. The summed E-state index contributed by atoms with van der Waals surface area (Å²) in [6, 6.07) is 11.4. The number of aliphatic hydroxyl groups is 1. The summed E-state index contributed by atoms with van der Waals surface area (Å²) in [6.07, 6.45) is 0. The first-order valence-corrected chi connectivity index (χ1v) is 12.4. The van der Waals surface area contributed by atoms with Gasteiger partial charge in [0.15, 0.2) is 0 Å². The minimum atomic E-state index is -0.814. The first-order valence-electron chi connectivity index (χ1n) is 11.5. The van der Waals surface area contributed by atoms with Gasteiger partial charge in [-0.15, -0.1) is 11.3 Å². The number of Topliss-reactive ketones (excluding diaryl/α,β-unsaturated/α-hetero) is 1. The molecule has 188 valence electrons. The van der Waals surface area contributed by atoms with Gasteiger partial charge in [0.2, 0.25) is 0 Å². The number of anilines is 1. The summed E-state index contributed by atoms with van der Waals surface area (Å²) in [5, 5.41) is 13.4. The zero-order chi connectivity index (χ0) is 26.1. The number of aliphatic hydroxyl groups excluding tert-OH is 1. The number of carbonyl (C=O) groups is 2. The van der Waals surface area contributed by atoms with E-state index in [1.165, 1.54) is 30.5 Å². The van der Waals surface area contributed by atoms with Gasteiger partial charge in [0.25, 0.3) is 11.7 Å². The van der Waals surface area contributed by atoms with E-state index < -0.39 is 17.7 Å². The fraction of sp³-hybridized carbons (Fsp3) is 0.286. The Labute approximate surface area is 214 Å². The molecule has 0 spiro atoms. The third kappa shape index (κ3) is 4.33. The number of ether oxygens (including phenoxy) is 3. The lowest BCUT2D eigenvalue weighted by atomic mass is 9.94. The highest BCUT2D eigenvalue weighted by molar-refractivity contribution is 7.10. The van der Waals surface area contributed by atoms with Gasteiger partial charge in [0.05, 0.1) is 32.6 Å². The topological polar surface area (TPSA) is 85.3 Å². The van der Waals surface area contributed by atoms with Crippen molar-refractivity contribution in [2.45, 2.75) is 32.7 Å². The average Bonchev–Trinajstić information content (AvgIpc) is 3.42. The van der Waals surface area contributed by atoms with E-state index in [1.807, 2.05) is 32.2 Å². The largest absolute Gasteiger partial charge is 0.507 e. The molecule has 1 fully saturated rings. The minimum Gasteiger partial charge on any atom is -0.507 e. The molecule has 8 heteroatoms. The number of ketones is 1. The van der Waals surface area contributed by atoms with E-state index in [9.17, 15) is 14.7 Å². The van der Waals surface area contributed by atoms with Crippen molar-refractivity contribution in [3.05, 3.63) is 75.0 Å². The molecular weight excluding hydrogens is 478 g/mol. The van der Waals surface area contributed by atoms with Gasteiger partial charge in [-0.05, 0) is 53.6 Å². The van der Waals surface area contributed by atoms with Crippen LogP contribution in [0.5, 0.6) is 17.2 Å². The van der Waals surface area contributed by atoms with Crippen LogP contribution in [0.3, 0.4) is 0 Å². The van der Waals surface area contributed by atoms with Crippen molar-refractivity contribution >= 4 is 34.5 Å². The van der Waals surface area contributed by atoms with Crippen LogP contribution in [0.2, 0.25) is 0 Å². The van der Waals surface area contributed by atoms with Crippen molar-refractivity contribution in [3.63, 3.8) is 0 Å². The standard InChI is InChI=1S/C28H29NO6S/c1-15(2)21-11-17(7-8-22(21)35-6)25(30)23-24(27-16(3)9-10-36-27)29(28(32)26(23)31)18-12-19(33-4)14-20(13-18)34-5/h7-15,24,30H,1-6H3/b25-23-. The SMILES string of the molecule is COc1cc(OC)cc(N2C(=O)C(=O)/C(=C(\O)c3ccc(OC)c(C(C)C)c3)C2c2sccc2C)c1. The van der Waals surface area contributed by atoms with Crippen LogP contribution in [0.15, 0.2) is 53.4 Å². The van der Waals surface area contributed by atoms with E-state index in [4.69, 9.17) is 14.2 Å². The van der Waals surface area contributed by atoms with Gasteiger partial charge in [0, 0.05) is 28.6 Å². The summed E-state index contributed by atoms with van der Waals surface area (Å²) < 4.78 is 16.3. The monoisotopic (exact) mass is 507 g/mol. The molecular formula is C28H29NO6S. The highest BCUT2D eigenvalue weighted by Gasteiger charge is 2.48. The molecule has 3 aromatic rings. The third-order valence-corrected chi connectivity index (χ3v) is 7.41. The molecule has 1 unspecified atom stereocenters. The minimum absolute atomic E-state index is 0.0345. The molecule has 2 heterocycles. The molecule has 1 saturated heterocycles. The Hall–Kier alpha value is -3.78. The van der Waals surface area contributed by atoms with E-state index in [0.29, 0.717) is 28.5 Å². The second-order valence-corrected chi connectivity index (χ2v) is 9.77. The number of carbonyl (C=O) groups excluding carboxylic acids is 2. The van der Waals surface area contributed by atoms with E-state index in [2.05, 4.69) is 0 Å². The Morgan fingerprint density at radius 2 is 1.64 bits per heavy atom. The van der Waals surface area contributed by atoms with Gasteiger partial charge in [-0.25, -0.2) is 0 Å². The van der Waals surface area contributed by atoms with Crippen molar-refractivity contribution in [2.75, 3.05) is 26.2 Å². The summed E-state index contributed by atoms with van der Waals surface area (Å²) in [4.78, 5) is 29.2. The molecule has 1 aliphatic heterocycles. The fourth-order valence-electron chi connectivity index (χ4n) is 4.43. The van der Waals surface area contributed by atoms with Gasteiger partial charge in [0.1, 0.15) is 29.0 Å². The summed E-state index contributed by atoms with van der Waals surface area (Å²) in [5.74, 6) is 0.0457. The average molecular weight is 508 g/mol.